The molecule has 2 rings (SSSR count). The number of halogens is 2. The first-order chi connectivity index (χ1) is 8.09. The van der Waals surface area contributed by atoms with Crippen LogP contribution in [0.5, 0.6) is 0 Å². The summed E-state index contributed by atoms with van der Waals surface area (Å²) in [4.78, 5) is 0. The molecule has 0 amide bonds. The predicted molar refractivity (Wildman–Crippen MR) is 66.7 cm³/mol. The van der Waals surface area contributed by atoms with Gasteiger partial charge in [-0.05, 0) is 43.4 Å². The molecule has 1 aliphatic rings. The zero-order chi connectivity index (χ0) is 12.3. The summed E-state index contributed by atoms with van der Waals surface area (Å²) >= 11 is 5.77. The van der Waals surface area contributed by atoms with E-state index in [9.17, 15) is 4.39 Å². The largest absolute Gasteiger partial charge is 0.381 e. The molecule has 0 bridgehead atoms. The van der Waals surface area contributed by atoms with Crippen LogP contribution in [0.25, 0.3) is 0 Å². The maximum Gasteiger partial charge on any atom is 0.141 e. The Morgan fingerprint density at radius 3 is 2.94 bits per heavy atom. The Kier molecular flexibility index (Phi) is 4.02. The highest BCUT2D eigenvalue weighted by atomic mass is 35.5. The monoisotopic (exact) mass is 257 g/mol. The SMILES string of the molecule is NC1(Cc2ccc(F)c(Cl)c2)CCCOCC1. The van der Waals surface area contributed by atoms with E-state index in [1.54, 1.807) is 12.1 Å². The number of rotatable bonds is 2. The van der Waals surface area contributed by atoms with Gasteiger partial charge >= 0.3 is 0 Å². The Labute approximate surface area is 106 Å². The van der Waals surface area contributed by atoms with Crippen molar-refractivity contribution in [3.63, 3.8) is 0 Å². The van der Waals surface area contributed by atoms with Crippen LogP contribution in [0.4, 0.5) is 4.39 Å². The van der Waals surface area contributed by atoms with Gasteiger partial charge in [0.1, 0.15) is 5.82 Å². The Morgan fingerprint density at radius 1 is 1.35 bits per heavy atom. The highest BCUT2D eigenvalue weighted by Crippen LogP contribution is 2.25. The summed E-state index contributed by atoms with van der Waals surface area (Å²) in [6.45, 7) is 1.48. The van der Waals surface area contributed by atoms with Crippen molar-refractivity contribution in [1.29, 1.82) is 0 Å². The summed E-state index contributed by atoms with van der Waals surface area (Å²) in [7, 11) is 0. The highest BCUT2D eigenvalue weighted by molar-refractivity contribution is 6.30. The molecule has 1 fully saturated rings. The molecular weight excluding hydrogens is 241 g/mol. The van der Waals surface area contributed by atoms with Gasteiger partial charge in [0.2, 0.25) is 0 Å². The molecule has 0 spiro atoms. The van der Waals surface area contributed by atoms with E-state index in [0.29, 0.717) is 6.61 Å². The highest BCUT2D eigenvalue weighted by Gasteiger charge is 2.26. The normalized spacial score (nSPS) is 25.6. The minimum atomic E-state index is -0.384. The lowest BCUT2D eigenvalue weighted by atomic mass is 9.85. The van der Waals surface area contributed by atoms with E-state index in [-0.39, 0.29) is 16.4 Å². The van der Waals surface area contributed by atoms with Crippen molar-refractivity contribution in [3.05, 3.63) is 34.6 Å². The van der Waals surface area contributed by atoms with Crippen molar-refractivity contribution < 1.29 is 9.13 Å². The second-order valence-corrected chi connectivity index (χ2v) is 5.16. The number of ether oxygens (including phenoxy) is 1. The lowest BCUT2D eigenvalue weighted by Gasteiger charge is -2.27. The van der Waals surface area contributed by atoms with Gasteiger partial charge < -0.3 is 10.5 Å². The topological polar surface area (TPSA) is 35.2 Å². The van der Waals surface area contributed by atoms with Crippen LogP contribution < -0.4 is 5.73 Å². The van der Waals surface area contributed by atoms with Crippen LogP contribution in [0.3, 0.4) is 0 Å². The molecule has 1 aliphatic heterocycles. The average Bonchev–Trinajstić information content (AvgIpc) is 2.49. The van der Waals surface area contributed by atoms with Gasteiger partial charge in [-0.15, -0.1) is 0 Å². The molecule has 0 radical (unpaired) electrons. The second kappa shape index (κ2) is 5.34. The van der Waals surface area contributed by atoms with Crippen molar-refractivity contribution in [2.45, 2.75) is 31.2 Å². The molecule has 2 nitrogen and oxygen atoms in total. The zero-order valence-corrected chi connectivity index (χ0v) is 10.5. The molecular formula is C13H17ClFNO. The fraction of sp³-hybridized carbons (Fsp3) is 0.538. The van der Waals surface area contributed by atoms with Crippen molar-refractivity contribution in [2.75, 3.05) is 13.2 Å². The van der Waals surface area contributed by atoms with Crippen molar-refractivity contribution in [2.24, 2.45) is 5.73 Å². The summed E-state index contributed by atoms with van der Waals surface area (Å²) < 4.78 is 18.5. The fourth-order valence-electron chi connectivity index (χ4n) is 2.26. The first kappa shape index (κ1) is 12.8. The lowest BCUT2D eigenvalue weighted by molar-refractivity contribution is 0.139. The predicted octanol–water partition coefficient (Wildman–Crippen LogP) is 2.92. The zero-order valence-electron chi connectivity index (χ0n) is 9.72. The average molecular weight is 258 g/mol. The summed E-state index contributed by atoms with van der Waals surface area (Å²) in [6.07, 6.45) is 3.46. The number of hydrogen-bond donors (Lipinski definition) is 1. The van der Waals surface area contributed by atoms with E-state index >= 15 is 0 Å². The van der Waals surface area contributed by atoms with Crippen LogP contribution in [0, 0.1) is 5.82 Å². The molecule has 0 aromatic heterocycles. The van der Waals surface area contributed by atoms with Gasteiger partial charge in [-0.25, -0.2) is 4.39 Å². The molecule has 0 saturated carbocycles. The first-order valence-corrected chi connectivity index (χ1v) is 6.27. The quantitative estimate of drug-likeness (QED) is 0.884. The molecule has 1 atom stereocenters. The van der Waals surface area contributed by atoms with Gasteiger partial charge in [-0.1, -0.05) is 17.7 Å². The Bertz CT molecular complexity index is 389. The standard InChI is InChI=1S/C13H17ClFNO/c14-11-8-10(2-3-12(11)15)9-13(16)4-1-6-17-7-5-13/h2-3,8H,1,4-7,9,16H2. The molecule has 1 aromatic carbocycles. The van der Waals surface area contributed by atoms with Gasteiger partial charge in [0, 0.05) is 18.8 Å². The third-order valence-electron chi connectivity index (χ3n) is 3.25. The Balaban J connectivity index is 2.10. The van der Waals surface area contributed by atoms with Crippen LogP contribution in [-0.4, -0.2) is 18.8 Å². The van der Waals surface area contributed by atoms with E-state index in [1.165, 1.54) is 6.07 Å². The lowest BCUT2D eigenvalue weighted by Crippen LogP contribution is -2.42. The molecule has 1 unspecified atom stereocenters. The molecule has 1 saturated heterocycles. The van der Waals surface area contributed by atoms with Crippen LogP contribution >= 0.6 is 11.6 Å². The van der Waals surface area contributed by atoms with Crippen molar-refractivity contribution in [1.82, 2.24) is 0 Å². The van der Waals surface area contributed by atoms with Crippen molar-refractivity contribution in [3.8, 4) is 0 Å². The van der Waals surface area contributed by atoms with Gasteiger partial charge in [0.05, 0.1) is 5.02 Å². The third kappa shape index (κ3) is 3.41. The number of benzene rings is 1. The van der Waals surface area contributed by atoms with Crippen LogP contribution in [-0.2, 0) is 11.2 Å². The van der Waals surface area contributed by atoms with E-state index in [0.717, 1.165) is 37.9 Å². The fourth-order valence-corrected chi connectivity index (χ4v) is 2.46. The van der Waals surface area contributed by atoms with Gasteiger partial charge in [0.25, 0.3) is 0 Å². The molecule has 17 heavy (non-hydrogen) atoms. The molecule has 2 N–H and O–H groups in total. The number of nitrogens with two attached hydrogens (primary N) is 1. The molecule has 4 heteroatoms. The van der Waals surface area contributed by atoms with E-state index in [2.05, 4.69) is 0 Å². The maximum absolute atomic E-state index is 13.1. The minimum absolute atomic E-state index is 0.163. The second-order valence-electron chi connectivity index (χ2n) is 4.75. The third-order valence-corrected chi connectivity index (χ3v) is 3.54. The summed E-state index contributed by atoms with van der Waals surface area (Å²) in [5.41, 5.74) is 7.10. The molecule has 1 heterocycles. The molecule has 1 aromatic rings. The van der Waals surface area contributed by atoms with Crippen LogP contribution in [0.2, 0.25) is 5.02 Å². The maximum atomic E-state index is 13.1. The van der Waals surface area contributed by atoms with E-state index in [4.69, 9.17) is 22.1 Å². The number of hydrogen-bond acceptors (Lipinski definition) is 2. The Hall–Kier alpha value is -0.640. The van der Waals surface area contributed by atoms with Gasteiger partial charge in [-0.3, -0.25) is 0 Å². The summed E-state index contributed by atoms with van der Waals surface area (Å²) in [5, 5.41) is 0.163. The summed E-state index contributed by atoms with van der Waals surface area (Å²) in [5.74, 6) is -0.384. The minimum Gasteiger partial charge on any atom is -0.381 e. The smallest absolute Gasteiger partial charge is 0.141 e. The van der Waals surface area contributed by atoms with Crippen LogP contribution in [0.1, 0.15) is 24.8 Å². The van der Waals surface area contributed by atoms with Gasteiger partial charge in [0.15, 0.2) is 0 Å². The van der Waals surface area contributed by atoms with E-state index in [1.807, 2.05) is 0 Å². The molecule has 94 valence electrons. The van der Waals surface area contributed by atoms with Crippen molar-refractivity contribution >= 4 is 11.6 Å². The Morgan fingerprint density at radius 2 is 2.18 bits per heavy atom. The molecule has 0 aliphatic carbocycles. The summed E-state index contributed by atoms with van der Waals surface area (Å²) in [6, 6.07) is 4.81. The van der Waals surface area contributed by atoms with E-state index < -0.39 is 0 Å². The van der Waals surface area contributed by atoms with Crippen LogP contribution in [0.15, 0.2) is 18.2 Å². The first-order valence-electron chi connectivity index (χ1n) is 5.90. The van der Waals surface area contributed by atoms with Gasteiger partial charge in [-0.2, -0.15) is 0 Å².